The highest BCUT2D eigenvalue weighted by atomic mass is 16.5. The number of methoxy groups -OCH3 is 4. The van der Waals surface area contributed by atoms with Crippen LogP contribution >= 0.6 is 0 Å². The summed E-state index contributed by atoms with van der Waals surface area (Å²) < 4.78 is 21.3. The smallest absolute Gasteiger partial charge is 0.264 e. The zero-order valence-electron chi connectivity index (χ0n) is 11.8. The minimum atomic E-state index is 0.300. The lowest BCUT2D eigenvalue weighted by Crippen LogP contribution is -2.02. The van der Waals surface area contributed by atoms with Crippen molar-refractivity contribution in [3.63, 3.8) is 0 Å². The molecule has 0 bridgehead atoms. The highest BCUT2D eigenvalue weighted by Gasteiger charge is 2.24. The fourth-order valence-electron chi connectivity index (χ4n) is 1.93. The number of hydrogen-bond donors (Lipinski definition) is 0. The first-order valence-electron chi connectivity index (χ1n) is 5.91. The Kier molecular flexibility index (Phi) is 4.24. The molecule has 2 aromatic rings. The molecule has 0 unspecified atom stereocenters. The van der Waals surface area contributed by atoms with Gasteiger partial charge in [0, 0.05) is 18.0 Å². The first-order chi connectivity index (χ1) is 9.76. The van der Waals surface area contributed by atoms with E-state index in [4.69, 9.17) is 18.9 Å². The SMILES string of the molecule is COc1nc(OC)c(-c2cccnc2)c(OC)c1OC. The minimum absolute atomic E-state index is 0.300. The molecular weight excluding hydrogens is 260 g/mol. The quantitative estimate of drug-likeness (QED) is 0.834. The van der Waals surface area contributed by atoms with Crippen LogP contribution in [0.4, 0.5) is 0 Å². The van der Waals surface area contributed by atoms with E-state index in [1.54, 1.807) is 19.5 Å². The van der Waals surface area contributed by atoms with Crippen molar-refractivity contribution in [2.24, 2.45) is 0 Å². The number of rotatable bonds is 5. The molecule has 0 saturated heterocycles. The Labute approximate surface area is 117 Å². The van der Waals surface area contributed by atoms with Gasteiger partial charge in [0.1, 0.15) is 0 Å². The summed E-state index contributed by atoms with van der Waals surface area (Å²) in [7, 11) is 6.12. The molecule has 2 heterocycles. The number of nitrogens with zero attached hydrogens (tertiary/aromatic N) is 2. The van der Waals surface area contributed by atoms with Crippen molar-refractivity contribution in [2.75, 3.05) is 28.4 Å². The van der Waals surface area contributed by atoms with Crippen molar-refractivity contribution in [1.82, 2.24) is 9.97 Å². The van der Waals surface area contributed by atoms with Crippen LogP contribution in [0.3, 0.4) is 0 Å². The maximum absolute atomic E-state index is 5.45. The molecule has 6 nitrogen and oxygen atoms in total. The van der Waals surface area contributed by atoms with Crippen molar-refractivity contribution in [3.8, 4) is 34.4 Å². The van der Waals surface area contributed by atoms with Gasteiger partial charge in [-0.1, -0.05) is 6.07 Å². The second-order valence-corrected chi connectivity index (χ2v) is 3.81. The van der Waals surface area contributed by atoms with Crippen LogP contribution in [0.25, 0.3) is 11.1 Å². The lowest BCUT2D eigenvalue weighted by Gasteiger charge is -2.17. The summed E-state index contributed by atoms with van der Waals surface area (Å²) in [4.78, 5) is 8.39. The molecule has 0 aromatic carbocycles. The predicted molar refractivity (Wildman–Crippen MR) is 73.7 cm³/mol. The van der Waals surface area contributed by atoms with Crippen molar-refractivity contribution >= 4 is 0 Å². The first-order valence-corrected chi connectivity index (χ1v) is 5.91. The summed E-state index contributed by atoms with van der Waals surface area (Å²) in [5.74, 6) is 1.58. The maximum Gasteiger partial charge on any atom is 0.264 e. The standard InChI is InChI=1S/C14H16N2O4/c1-17-11-10(9-6-5-7-15-8-9)13(19-3)16-14(20-4)12(11)18-2/h5-8H,1-4H3. The van der Waals surface area contributed by atoms with Crippen LogP contribution in [-0.4, -0.2) is 38.4 Å². The first kappa shape index (κ1) is 13.9. The molecule has 0 saturated carbocycles. The van der Waals surface area contributed by atoms with Gasteiger partial charge >= 0.3 is 0 Å². The second kappa shape index (κ2) is 6.10. The molecule has 0 aliphatic carbocycles. The third-order valence-corrected chi connectivity index (χ3v) is 2.79. The Hall–Kier alpha value is -2.50. The molecule has 20 heavy (non-hydrogen) atoms. The van der Waals surface area contributed by atoms with Gasteiger partial charge in [0.2, 0.25) is 11.6 Å². The Bertz CT molecular complexity index is 587. The fourth-order valence-corrected chi connectivity index (χ4v) is 1.93. The van der Waals surface area contributed by atoms with E-state index in [-0.39, 0.29) is 0 Å². The van der Waals surface area contributed by atoms with E-state index >= 15 is 0 Å². The third-order valence-electron chi connectivity index (χ3n) is 2.79. The molecule has 0 amide bonds. The van der Waals surface area contributed by atoms with E-state index in [0.717, 1.165) is 5.56 Å². The maximum atomic E-state index is 5.45. The molecule has 0 aliphatic rings. The van der Waals surface area contributed by atoms with Crippen molar-refractivity contribution in [1.29, 1.82) is 0 Å². The fraction of sp³-hybridized carbons (Fsp3) is 0.286. The molecule has 0 atom stereocenters. The molecular formula is C14H16N2O4. The van der Waals surface area contributed by atoms with Crippen molar-refractivity contribution < 1.29 is 18.9 Å². The van der Waals surface area contributed by atoms with E-state index in [1.807, 2.05) is 12.1 Å². The van der Waals surface area contributed by atoms with Crippen LogP contribution in [0.1, 0.15) is 0 Å². The Morgan fingerprint density at radius 2 is 1.55 bits per heavy atom. The molecule has 0 spiro atoms. The molecule has 2 aromatic heterocycles. The minimum Gasteiger partial charge on any atom is -0.492 e. The van der Waals surface area contributed by atoms with Gasteiger partial charge in [-0.15, -0.1) is 0 Å². The number of aromatic nitrogens is 2. The number of hydrogen-bond acceptors (Lipinski definition) is 6. The number of pyridine rings is 2. The van der Waals surface area contributed by atoms with Crippen LogP contribution in [0, 0.1) is 0 Å². The topological polar surface area (TPSA) is 62.7 Å². The highest BCUT2D eigenvalue weighted by Crippen LogP contribution is 2.47. The van der Waals surface area contributed by atoms with E-state index in [2.05, 4.69) is 9.97 Å². The zero-order valence-corrected chi connectivity index (χ0v) is 11.8. The summed E-state index contributed by atoms with van der Waals surface area (Å²) in [6, 6.07) is 3.71. The average Bonchev–Trinajstić information content (AvgIpc) is 2.53. The van der Waals surface area contributed by atoms with E-state index in [1.165, 1.54) is 21.3 Å². The molecule has 106 valence electrons. The normalized spacial score (nSPS) is 10.0. The predicted octanol–water partition coefficient (Wildman–Crippen LogP) is 2.18. The second-order valence-electron chi connectivity index (χ2n) is 3.81. The third kappa shape index (κ3) is 2.32. The Balaban J connectivity index is 2.77. The van der Waals surface area contributed by atoms with E-state index < -0.39 is 0 Å². The molecule has 0 radical (unpaired) electrons. The summed E-state index contributed by atoms with van der Waals surface area (Å²) >= 11 is 0. The molecule has 0 fully saturated rings. The summed E-state index contributed by atoms with van der Waals surface area (Å²) in [5, 5.41) is 0. The van der Waals surface area contributed by atoms with Gasteiger partial charge in [-0.05, 0) is 6.07 Å². The van der Waals surface area contributed by atoms with Crippen molar-refractivity contribution in [2.45, 2.75) is 0 Å². The Morgan fingerprint density at radius 1 is 0.850 bits per heavy atom. The van der Waals surface area contributed by atoms with Gasteiger partial charge in [-0.25, -0.2) is 0 Å². The van der Waals surface area contributed by atoms with Gasteiger partial charge in [-0.2, -0.15) is 4.98 Å². The largest absolute Gasteiger partial charge is 0.492 e. The van der Waals surface area contributed by atoms with Crippen LogP contribution in [0.5, 0.6) is 23.3 Å². The van der Waals surface area contributed by atoms with Gasteiger partial charge in [0.25, 0.3) is 5.88 Å². The van der Waals surface area contributed by atoms with Crippen LogP contribution in [-0.2, 0) is 0 Å². The van der Waals surface area contributed by atoms with Gasteiger partial charge in [0.15, 0.2) is 5.75 Å². The summed E-state index contributed by atoms with van der Waals surface area (Å²) in [5.41, 5.74) is 1.48. The summed E-state index contributed by atoms with van der Waals surface area (Å²) in [6.07, 6.45) is 3.39. The van der Waals surface area contributed by atoms with E-state index in [9.17, 15) is 0 Å². The lowest BCUT2D eigenvalue weighted by molar-refractivity contribution is 0.306. The van der Waals surface area contributed by atoms with Gasteiger partial charge in [-0.3, -0.25) is 4.98 Å². The lowest BCUT2D eigenvalue weighted by atomic mass is 10.1. The van der Waals surface area contributed by atoms with Crippen LogP contribution < -0.4 is 18.9 Å². The van der Waals surface area contributed by atoms with E-state index in [0.29, 0.717) is 28.8 Å². The summed E-state index contributed by atoms with van der Waals surface area (Å²) in [6.45, 7) is 0. The van der Waals surface area contributed by atoms with Crippen LogP contribution in [0.2, 0.25) is 0 Å². The zero-order chi connectivity index (χ0) is 14.5. The molecule has 0 aliphatic heterocycles. The molecule has 2 rings (SSSR count). The highest BCUT2D eigenvalue weighted by molar-refractivity contribution is 5.79. The Morgan fingerprint density at radius 3 is 2.05 bits per heavy atom. The van der Waals surface area contributed by atoms with Crippen molar-refractivity contribution in [3.05, 3.63) is 24.5 Å². The molecule has 0 N–H and O–H groups in total. The monoisotopic (exact) mass is 276 g/mol. The number of ether oxygens (including phenoxy) is 4. The van der Waals surface area contributed by atoms with Crippen LogP contribution in [0.15, 0.2) is 24.5 Å². The van der Waals surface area contributed by atoms with Gasteiger partial charge < -0.3 is 18.9 Å². The molecule has 6 heteroatoms. The van der Waals surface area contributed by atoms with Gasteiger partial charge in [0.05, 0.1) is 34.0 Å². The average molecular weight is 276 g/mol.